The van der Waals surface area contributed by atoms with Gasteiger partial charge in [-0.2, -0.15) is 0 Å². The Bertz CT molecular complexity index is 2890. The zero-order valence-corrected chi connectivity index (χ0v) is 44.8. The molecule has 0 bridgehead atoms. The molecule has 78 heavy (non-hydrogen) atoms. The minimum absolute atomic E-state index is 0.0165. The summed E-state index contributed by atoms with van der Waals surface area (Å²) in [4.78, 5) is 134. The molecule has 0 spiro atoms. The zero-order chi connectivity index (χ0) is 56.1. The molecule has 4 aromatic rings. The number of carboxylic acids is 1. The van der Waals surface area contributed by atoms with E-state index in [4.69, 9.17) is 18.3 Å². The van der Waals surface area contributed by atoms with Crippen LogP contribution in [0.3, 0.4) is 0 Å². The van der Waals surface area contributed by atoms with Gasteiger partial charge in [-0.15, -0.1) is 0 Å². The lowest BCUT2D eigenvalue weighted by molar-refractivity contribution is -0.176. The molecule has 4 heterocycles. The summed E-state index contributed by atoms with van der Waals surface area (Å²) in [6.07, 6.45) is 12.5. The second-order valence-corrected chi connectivity index (χ2v) is 19.8. The predicted octanol–water partition coefficient (Wildman–Crippen LogP) is 6.08. The maximum absolute atomic E-state index is 14.1. The molecule has 0 aliphatic carbocycles. The van der Waals surface area contributed by atoms with E-state index in [0.29, 0.717) is 27.7 Å². The number of nitrogens with one attached hydrogen (secondary N) is 4. The van der Waals surface area contributed by atoms with Gasteiger partial charge in [-0.25, -0.2) is 14.6 Å². The highest BCUT2D eigenvalue weighted by Crippen LogP contribution is 2.28. The van der Waals surface area contributed by atoms with Gasteiger partial charge in [0.15, 0.2) is 0 Å². The van der Waals surface area contributed by atoms with Crippen molar-refractivity contribution >= 4 is 75.0 Å². The van der Waals surface area contributed by atoms with E-state index in [1.54, 1.807) is 12.1 Å². The highest BCUT2D eigenvalue weighted by Gasteiger charge is 2.45. The van der Waals surface area contributed by atoms with Gasteiger partial charge < -0.3 is 38.9 Å². The summed E-state index contributed by atoms with van der Waals surface area (Å²) in [5, 5.41) is 17.4. The van der Waals surface area contributed by atoms with Crippen molar-refractivity contribution in [2.75, 3.05) is 31.6 Å². The molecular formula is C56H73N7O15. The number of hydrazine groups is 2. The molecule has 0 unspecified atom stereocenters. The topological polar surface area (TPSA) is 294 Å². The number of rotatable bonds is 29. The van der Waals surface area contributed by atoms with Gasteiger partial charge in [-0.1, -0.05) is 78.1 Å². The van der Waals surface area contributed by atoms with E-state index in [9.17, 15) is 53.1 Å². The van der Waals surface area contributed by atoms with Gasteiger partial charge in [-0.05, 0) is 68.9 Å². The quantitative estimate of drug-likeness (QED) is 0.0178. The first-order chi connectivity index (χ1) is 37.6. The van der Waals surface area contributed by atoms with Crippen molar-refractivity contribution in [2.45, 2.75) is 167 Å². The number of benzene rings is 2. The number of carbonyl (C=O) groups is 8. The van der Waals surface area contributed by atoms with Crippen molar-refractivity contribution in [3.8, 4) is 5.75 Å². The minimum Gasteiger partial charge on any atom is -0.497 e. The maximum atomic E-state index is 14.1. The van der Waals surface area contributed by atoms with Crippen molar-refractivity contribution in [1.82, 2.24) is 31.5 Å². The molecule has 3 atom stereocenters. The van der Waals surface area contributed by atoms with Crippen LogP contribution in [0, 0.1) is 0 Å². The van der Waals surface area contributed by atoms with Gasteiger partial charge in [0.2, 0.25) is 17.7 Å². The normalized spacial score (nSPS) is 15.7. The Morgan fingerprint density at radius 2 is 1.49 bits per heavy atom. The van der Waals surface area contributed by atoms with Crippen LogP contribution in [0.15, 0.2) is 67.0 Å². The third-order valence-corrected chi connectivity index (χ3v) is 13.9. The Labute approximate surface area is 451 Å². The third kappa shape index (κ3) is 16.9. The molecule has 0 radical (unpaired) electrons. The molecule has 22 nitrogen and oxygen atoms in total. The van der Waals surface area contributed by atoms with Crippen LogP contribution < -0.4 is 42.4 Å². The van der Waals surface area contributed by atoms with Crippen molar-refractivity contribution in [2.24, 2.45) is 0 Å². The Morgan fingerprint density at radius 3 is 2.18 bits per heavy atom. The number of amides is 6. The van der Waals surface area contributed by atoms with Gasteiger partial charge in [0.1, 0.15) is 47.2 Å². The number of unbranched alkanes of at least 4 members (excludes halogenated alkanes) is 10. The molecule has 2 aliphatic rings. The molecule has 0 saturated carbocycles. The van der Waals surface area contributed by atoms with E-state index in [2.05, 4.69) is 40.2 Å². The van der Waals surface area contributed by atoms with Gasteiger partial charge in [0.25, 0.3) is 17.7 Å². The van der Waals surface area contributed by atoms with E-state index in [-0.39, 0.29) is 63.7 Å². The standard InChI is InChI=1S/C56H73N7O15/c1-4-6-8-10-12-14-27-61(28-15-13-11-9-7-5-2)38-22-24-40-37(31-51(69)77-46(40)32-38)35-76-50(68)20-16-19-47(64)59-60-53(71)43(34-49(66)67)58-54(72)44-18-17-29-62-48(65)26-25-42(55(73)63(44)62)57-52(70)41-30-36-21-23-39(75-3)33-45(36)78-56(41)74/h21-24,30-33,42-44H,4-20,25-29,34-35H2,1-3H3,(H,57,70)(H,58,72)(H,59,64)(H,60,71)(H,66,67)/t42-,43-,44-/m0/s1. The van der Waals surface area contributed by atoms with Crippen LogP contribution in [-0.2, 0) is 44.9 Å². The summed E-state index contributed by atoms with van der Waals surface area (Å²) in [6, 6.07) is 8.32. The van der Waals surface area contributed by atoms with Gasteiger partial charge in [-0.3, -0.25) is 54.2 Å². The molecule has 2 aromatic carbocycles. The monoisotopic (exact) mass is 1080 g/mol. The van der Waals surface area contributed by atoms with Gasteiger partial charge >= 0.3 is 23.2 Å². The Balaban J connectivity index is 0.994. The van der Waals surface area contributed by atoms with Crippen LogP contribution in [0.2, 0.25) is 0 Å². The van der Waals surface area contributed by atoms with Crippen molar-refractivity contribution < 1.29 is 61.8 Å². The lowest BCUT2D eigenvalue weighted by Gasteiger charge is -2.43. The lowest BCUT2D eigenvalue weighted by atomic mass is 10.0. The first kappa shape index (κ1) is 59.5. The fourth-order valence-corrected chi connectivity index (χ4v) is 9.65. The summed E-state index contributed by atoms with van der Waals surface area (Å²) in [7, 11) is 1.43. The molecule has 2 aromatic heterocycles. The smallest absolute Gasteiger partial charge is 0.349 e. The van der Waals surface area contributed by atoms with Crippen LogP contribution in [0.4, 0.5) is 5.69 Å². The Morgan fingerprint density at radius 1 is 0.782 bits per heavy atom. The third-order valence-electron chi connectivity index (χ3n) is 13.9. The number of anilines is 1. The second kappa shape index (κ2) is 29.7. The molecule has 6 rings (SSSR count). The number of aliphatic carboxylic acids is 1. The molecule has 2 fully saturated rings. The number of methoxy groups -OCH3 is 1. The molecule has 422 valence electrons. The summed E-state index contributed by atoms with van der Waals surface area (Å²) in [5.41, 5.74) is 4.18. The number of carboxylic acid groups (broad SMARTS) is 1. The van der Waals surface area contributed by atoms with Crippen molar-refractivity contribution in [3.05, 3.63) is 80.5 Å². The average Bonchev–Trinajstić information content (AvgIpc) is 3.62. The summed E-state index contributed by atoms with van der Waals surface area (Å²) in [5.74, 6) is -7.00. The average molecular weight is 1080 g/mol. The summed E-state index contributed by atoms with van der Waals surface area (Å²) in [6.45, 7) is 6.00. The predicted molar refractivity (Wildman–Crippen MR) is 287 cm³/mol. The van der Waals surface area contributed by atoms with Crippen molar-refractivity contribution in [3.63, 3.8) is 0 Å². The van der Waals surface area contributed by atoms with Gasteiger partial charge in [0.05, 0.1) is 13.5 Å². The molecule has 6 amide bonds. The van der Waals surface area contributed by atoms with E-state index in [0.717, 1.165) is 54.5 Å². The number of carbonyl (C=O) groups excluding carboxylic acids is 7. The number of hydrogen-bond acceptors (Lipinski definition) is 15. The molecule has 2 saturated heterocycles. The fraction of sp³-hybridized carbons (Fsp3) is 0.536. The van der Waals surface area contributed by atoms with Crippen molar-refractivity contribution in [1.29, 1.82) is 0 Å². The second-order valence-electron chi connectivity index (χ2n) is 19.8. The number of fused-ring (bicyclic) bond motifs is 3. The van der Waals surface area contributed by atoms with Crippen LogP contribution in [0.1, 0.15) is 158 Å². The Kier molecular flexibility index (Phi) is 22.6. The number of esters is 1. The largest absolute Gasteiger partial charge is 0.497 e. The first-order valence-electron chi connectivity index (χ1n) is 27.2. The van der Waals surface area contributed by atoms with Crippen LogP contribution >= 0.6 is 0 Å². The van der Waals surface area contributed by atoms with Crippen LogP contribution in [0.5, 0.6) is 5.75 Å². The first-order valence-corrected chi connectivity index (χ1v) is 27.2. The summed E-state index contributed by atoms with van der Waals surface area (Å²) >= 11 is 0. The molecule has 5 N–H and O–H groups in total. The molecule has 2 aliphatic heterocycles. The zero-order valence-electron chi connectivity index (χ0n) is 44.8. The minimum atomic E-state index is -1.78. The van der Waals surface area contributed by atoms with Gasteiger partial charge in [0, 0.05) is 79.1 Å². The van der Waals surface area contributed by atoms with E-state index in [1.165, 1.54) is 76.7 Å². The van der Waals surface area contributed by atoms with Crippen LogP contribution in [-0.4, -0.2) is 107 Å². The molecule has 22 heteroatoms. The highest BCUT2D eigenvalue weighted by atomic mass is 16.5. The number of ether oxygens (including phenoxy) is 2. The molecular weight excluding hydrogens is 1010 g/mol. The number of nitrogens with zero attached hydrogens (tertiary/aromatic N) is 3. The van der Waals surface area contributed by atoms with E-state index >= 15 is 0 Å². The SMILES string of the molecule is CCCCCCCCN(CCCCCCCC)c1ccc2c(COC(=O)CCCC(=O)NNC(=O)[C@H](CC(=O)O)NC(=O)[C@@H]3CCCN4C(=O)CC[C@H](NC(=O)c5cc6ccc(OC)cc6oc5=O)C(=O)N34)cc(=O)oc2c1. The summed E-state index contributed by atoms with van der Waals surface area (Å²) < 4.78 is 21.6. The van der Waals surface area contributed by atoms with Crippen LogP contribution in [0.25, 0.3) is 21.9 Å². The highest BCUT2D eigenvalue weighted by molar-refractivity contribution is 6.01. The van der Waals surface area contributed by atoms with E-state index in [1.807, 2.05) is 18.2 Å². The maximum Gasteiger partial charge on any atom is 0.349 e. The Hall–Kier alpha value is -7.78. The fourth-order valence-electron chi connectivity index (χ4n) is 9.65. The lowest BCUT2D eigenvalue weighted by Crippen LogP contribution is -2.65. The number of hydrogen-bond donors (Lipinski definition) is 5. The van der Waals surface area contributed by atoms with E-state index < -0.39 is 88.7 Å².